The van der Waals surface area contributed by atoms with Crippen LogP contribution in [0.2, 0.25) is 0 Å². The van der Waals surface area contributed by atoms with Crippen LogP contribution in [0.1, 0.15) is 0 Å². The highest BCUT2D eigenvalue weighted by Crippen LogP contribution is 1.52. The van der Waals surface area contributed by atoms with E-state index >= 15 is 0 Å². The van der Waals surface area contributed by atoms with Crippen molar-refractivity contribution in [1.82, 2.24) is 0 Å². The van der Waals surface area contributed by atoms with Crippen LogP contribution >= 0.6 is 12.4 Å². The van der Waals surface area contributed by atoms with Crippen molar-refractivity contribution in [3.05, 3.63) is 0 Å². The number of carboxylic acid groups (broad SMARTS) is 1. The third kappa shape index (κ3) is 8.99. The van der Waals surface area contributed by atoms with Gasteiger partial charge < -0.3 is 10.8 Å². The molecule has 3 N–H and O–H groups in total. The predicted molar refractivity (Wildman–Crippen MR) is 31.7 cm³/mol. The fraction of sp³-hybridized carbons (Fsp3) is 0.250. The molecular weight excluding hydrogens is 130 g/mol. The summed E-state index contributed by atoms with van der Waals surface area (Å²) >= 11 is 0. The van der Waals surface area contributed by atoms with Crippen molar-refractivity contribution in [3.63, 3.8) is 0 Å². The summed E-state index contributed by atoms with van der Waals surface area (Å²) in [7, 11) is 0. The minimum absolute atomic E-state index is 0. The average Bonchev–Trinajstić information content (AvgIpc) is 1.61. The van der Waals surface area contributed by atoms with Crippen molar-refractivity contribution in [2.24, 2.45) is 5.73 Å². The molecule has 0 fully saturated rings. The van der Waals surface area contributed by atoms with Gasteiger partial charge in [0, 0.05) is 5.92 Å². The lowest BCUT2D eigenvalue weighted by molar-refractivity contribution is -0.130. The van der Waals surface area contributed by atoms with Gasteiger partial charge in [-0.3, -0.25) is 0 Å². The first-order chi connectivity index (χ1) is 3.27. The van der Waals surface area contributed by atoms with Gasteiger partial charge in [-0.15, -0.1) is 12.4 Å². The summed E-state index contributed by atoms with van der Waals surface area (Å²) in [5.41, 5.74) is 4.84. The average molecular weight is 136 g/mol. The fourth-order valence-electron chi connectivity index (χ4n) is 0.127. The van der Waals surface area contributed by atoms with E-state index in [2.05, 4.69) is 5.92 Å². The van der Waals surface area contributed by atoms with Crippen LogP contribution in [-0.2, 0) is 4.79 Å². The molecule has 0 bridgehead atoms. The zero-order valence-corrected chi connectivity index (χ0v) is 4.86. The van der Waals surface area contributed by atoms with E-state index < -0.39 is 5.97 Å². The molecule has 0 rings (SSSR count). The molecule has 0 unspecified atom stereocenters. The van der Waals surface area contributed by atoms with E-state index in [0.717, 1.165) is 0 Å². The molecule has 0 saturated heterocycles. The Hall–Kier alpha value is -0.720. The normalized spacial score (nSPS) is 5.62. The van der Waals surface area contributed by atoms with Crippen molar-refractivity contribution in [1.29, 1.82) is 0 Å². The third-order valence-electron chi connectivity index (χ3n) is 0.297. The lowest BCUT2D eigenvalue weighted by Crippen LogP contribution is -1.95. The van der Waals surface area contributed by atoms with Crippen molar-refractivity contribution < 1.29 is 9.90 Å². The van der Waals surface area contributed by atoms with Gasteiger partial charge in [0.05, 0.1) is 6.54 Å². The number of aliphatic carboxylic acids is 1. The molecule has 0 radical (unpaired) electrons. The maximum atomic E-state index is 9.53. The molecule has 0 aliphatic heterocycles. The number of nitrogens with two attached hydrogens (primary N) is 1. The highest BCUT2D eigenvalue weighted by atomic mass is 35.5. The molecule has 0 atom stereocenters. The van der Waals surface area contributed by atoms with Gasteiger partial charge in [-0.25, -0.2) is 4.79 Å². The zero-order chi connectivity index (χ0) is 5.70. The summed E-state index contributed by atoms with van der Waals surface area (Å²) < 4.78 is 0. The fourth-order valence-corrected chi connectivity index (χ4v) is 0.127. The number of hydrogen-bond acceptors (Lipinski definition) is 2. The Labute approximate surface area is 53.3 Å². The molecular formula is C4H6ClNO2. The Balaban J connectivity index is 0. The van der Waals surface area contributed by atoms with Crippen LogP contribution in [0.4, 0.5) is 0 Å². The van der Waals surface area contributed by atoms with Crippen LogP contribution in [0.25, 0.3) is 0 Å². The van der Waals surface area contributed by atoms with Crippen molar-refractivity contribution in [3.8, 4) is 11.8 Å². The van der Waals surface area contributed by atoms with Gasteiger partial charge in [-0.2, -0.15) is 0 Å². The maximum absolute atomic E-state index is 9.53. The summed E-state index contributed by atoms with van der Waals surface area (Å²) in [6.07, 6.45) is 0. The lowest BCUT2D eigenvalue weighted by Gasteiger charge is -1.68. The monoisotopic (exact) mass is 135 g/mol. The number of carbonyl (C=O) groups is 1. The van der Waals surface area contributed by atoms with E-state index in [1.165, 1.54) is 0 Å². The Morgan fingerprint density at radius 2 is 2.25 bits per heavy atom. The van der Waals surface area contributed by atoms with Crippen molar-refractivity contribution in [2.75, 3.05) is 6.54 Å². The molecule has 3 nitrogen and oxygen atoms in total. The number of halogens is 1. The van der Waals surface area contributed by atoms with E-state index in [1.807, 2.05) is 5.92 Å². The zero-order valence-electron chi connectivity index (χ0n) is 4.05. The first kappa shape index (κ1) is 10.3. The van der Waals surface area contributed by atoms with Gasteiger partial charge in [0.1, 0.15) is 0 Å². The molecule has 0 aliphatic carbocycles. The number of rotatable bonds is 0. The van der Waals surface area contributed by atoms with Gasteiger partial charge in [0.15, 0.2) is 0 Å². The topological polar surface area (TPSA) is 63.3 Å². The second-order valence-electron chi connectivity index (χ2n) is 0.811. The Kier molecular flexibility index (Phi) is 8.08. The minimum Gasteiger partial charge on any atom is -0.472 e. The lowest BCUT2D eigenvalue weighted by atomic mass is 10.6. The van der Waals surface area contributed by atoms with Crippen molar-refractivity contribution in [2.45, 2.75) is 0 Å². The second-order valence-corrected chi connectivity index (χ2v) is 0.811. The van der Waals surface area contributed by atoms with Crippen LogP contribution in [-0.4, -0.2) is 17.6 Å². The molecule has 0 aromatic rings. The maximum Gasteiger partial charge on any atom is 0.381 e. The van der Waals surface area contributed by atoms with Gasteiger partial charge in [0.25, 0.3) is 0 Å². The molecule has 0 heterocycles. The quantitative estimate of drug-likeness (QED) is 0.439. The predicted octanol–water partition coefficient (Wildman–Crippen LogP) is -0.545. The Bertz CT molecular complexity index is 124. The molecule has 0 saturated carbocycles. The highest BCUT2D eigenvalue weighted by molar-refractivity contribution is 5.86. The van der Waals surface area contributed by atoms with Gasteiger partial charge in [-0.1, -0.05) is 5.92 Å². The largest absolute Gasteiger partial charge is 0.472 e. The van der Waals surface area contributed by atoms with E-state index in [4.69, 9.17) is 10.8 Å². The van der Waals surface area contributed by atoms with Crippen molar-refractivity contribution >= 4 is 18.4 Å². The summed E-state index contributed by atoms with van der Waals surface area (Å²) in [5.74, 6) is 2.88. The highest BCUT2D eigenvalue weighted by Gasteiger charge is 1.78. The van der Waals surface area contributed by atoms with Gasteiger partial charge in [0.2, 0.25) is 0 Å². The summed E-state index contributed by atoms with van der Waals surface area (Å²) in [5, 5.41) is 7.82. The first-order valence-electron chi connectivity index (χ1n) is 1.69. The summed E-state index contributed by atoms with van der Waals surface area (Å²) in [6.45, 7) is 0.103. The van der Waals surface area contributed by atoms with E-state index in [-0.39, 0.29) is 19.0 Å². The van der Waals surface area contributed by atoms with Crippen LogP contribution in [0.15, 0.2) is 0 Å². The second kappa shape index (κ2) is 6.28. The molecule has 0 spiro atoms. The SMILES string of the molecule is Cl.NCC#CC(=O)O. The van der Waals surface area contributed by atoms with Gasteiger partial charge >= 0.3 is 5.97 Å². The standard InChI is InChI=1S/C4H5NO2.ClH/c5-3-1-2-4(6)7;/h3,5H2,(H,6,7);1H. The third-order valence-corrected chi connectivity index (χ3v) is 0.297. The van der Waals surface area contributed by atoms with E-state index in [1.54, 1.807) is 0 Å². The van der Waals surface area contributed by atoms with E-state index in [9.17, 15) is 4.79 Å². The molecule has 0 aromatic heterocycles. The Morgan fingerprint density at radius 3 is 2.38 bits per heavy atom. The minimum atomic E-state index is -1.13. The summed E-state index contributed by atoms with van der Waals surface area (Å²) in [6, 6.07) is 0. The van der Waals surface area contributed by atoms with Crippen LogP contribution < -0.4 is 5.73 Å². The molecule has 4 heteroatoms. The van der Waals surface area contributed by atoms with Crippen LogP contribution in [0.3, 0.4) is 0 Å². The van der Waals surface area contributed by atoms with Gasteiger partial charge in [-0.05, 0) is 0 Å². The first-order valence-corrected chi connectivity index (χ1v) is 1.69. The van der Waals surface area contributed by atoms with E-state index in [0.29, 0.717) is 0 Å². The summed E-state index contributed by atoms with van der Waals surface area (Å²) in [4.78, 5) is 9.53. The molecule has 46 valence electrons. The molecule has 0 aliphatic rings. The van der Waals surface area contributed by atoms with Crippen LogP contribution in [0.5, 0.6) is 0 Å². The Morgan fingerprint density at radius 1 is 1.75 bits per heavy atom. The smallest absolute Gasteiger partial charge is 0.381 e. The molecule has 8 heavy (non-hydrogen) atoms. The number of carboxylic acids is 1. The van der Waals surface area contributed by atoms with Crippen LogP contribution in [0, 0.1) is 11.8 Å². The number of hydrogen-bond donors (Lipinski definition) is 2. The molecule has 0 aromatic carbocycles. The molecule has 0 amide bonds.